The average Bonchev–Trinajstić information content (AvgIpc) is 3.25. The molecule has 0 spiro atoms. The topological polar surface area (TPSA) is 93.1 Å². The third kappa shape index (κ3) is 3.63. The van der Waals surface area contributed by atoms with Crippen molar-refractivity contribution in [3.05, 3.63) is 52.6 Å². The smallest absolute Gasteiger partial charge is 0.255 e. The van der Waals surface area contributed by atoms with Gasteiger partial charge in [0.15, 0.2) is 12.6 Å². The number of hydrogen-bond acceptors (Lipinski definition) is 6. The first-order valence-corrected chi connectivity index (χ1v) is 10.1. The number of piperidine rings is 1. The molecule has 1 saturated heterocycles. The Kier molecular flexibility index (Phi) is 5.70. The molecule has 1 amide bonds. The quantitative estimate of drug-likeness (QED) is 0.738. The number of aromatic hydroxyl groups is 1. The number of amides is 1. The normalized spacial score (nSPS) is 17.7. The van der Waals surface area contributed by atoms with Crippen LogP contribution >= 0.6 is 0 Å². The van der Waals surface area contributed by atoms with Crippen molar-refractivity contribution in [2.24, 2.45) is 0 Å². The van der Waals surface area contributed by atoms with E-state index < -0.39 is 0 Å². The number of rotatable bonds is 6. The zero-order chi connectivity index (χ0) is 21.1. The molecule has 156 valence electrons. The zero-order valence-corrected chi connectivity index (χ0v) is 16.5. The lowest BCUT2D eigenvalue weighted by molar-refractivity contribution is 0.0525. The van der Waals surface area contributed by atoms with Crippen LogP contribution in [0.15, 0.2) is 30.3 Å². The van der Waals surface area contributed by atoms with Gasteiger partial charge in [-0.05, 0) is 43.5 Å². The Morgan fingerprint density at radius 3 is 2.80 bits per heavy atom. The number of hydrogen-bond donors (Lipinski definition) is 1. The van der Waals surface area contributed by atoms with Gasteiger partial charge in [-0.2, -0.15) is 0 Å². The first kappa shape index (κ1) is 19.9. The molecule has 0 aromatic heterocycles. The standard InChI is InChI=1S/C23H23NO6/c25-12-18-17(5-3-6-20(18)27)23(28)24-10-2-1-4-15(24)14-30-22-8-7-21-16(9-11-29-21)19(22)13-26/h3,5-8,12-13,15,27H,1-2,4,9-11,14H2. The van der Waals surface area contributed by atoms with Crippen LogP contribution in [0.4, 0.5) is 0 Å². The largest absolute Gasteiger partial charge is 0.507 e. The van der Waals surface area contributed by atoms with Gasteiger partial charge in [-0.1, -0.05) is 6.07 Å². The van der Waals surface area contributed by atoms with Crippen LogP contribution in [0.1, 0.15) is 55.9 Å². The summed E-state index contributed by atoms with van der Waals surface area (Å²) < 4.78 is 11.5. The molecular weight excluding hydrogens is 386 g/mol. The summed E-state index contributed by atoms with van der Waals surface area (Å²) in [4.78, 5) is 37.9. The van der Waals surface area contributed by atoms with Crippen molar-refractivity contribution in [1.82, 2.24) is 4.90 Å². The van der Waals surface area contributed by atoms with Crippen LogP contribution in [0.5, 0.6) is 17.2 Å². The minimum Gasteiger partial charge on any atom is -0.507 e. The summed E-state index contributed by atoms with van der Waals surface area (Å²) in [5.74, 6) is 0.679. The van der Waals surface area contributed by atoms with Crippen LogP contribution in [0.25, 0.3) is 0 Å². The Morgan fingerprint density at radius 1 is 1.17 bits per heavy atom. The summed E-state index contributed by atoms with van der Waals surface area (Å²) >= 11 is 0. The molecule has 0 saturated carbocycles. The van der Waals surface area contributed by atoms with Gasteiger partial charge in [0.2, 0.25) is 0 Å². The summed E-state index contributed by atoms with van der Waals surface area (Å²) in [5.41, 5.74) is 1.53. The monoisotopic (exact) mass is 409 g/mol. The Hall–Kier alpha value is -3.35. The predicted octanol–water partition coefficient (Wildman–Crippen LogP) is 3.03. The highest BCUT2D eigenvalue weighted by Gasteiger charge is 2.30. The second-order valence-corrected chi connectivity index (χ2v) is 7.49. The molecule has 2 aliphatic heterocycles. The van der Waals surface area contributed by atoms with Crippen molar-refractivity contribution in [2.75, 3.05) is 19.8 Å². The zero-order valence-electron chi connectivity index (χ0n) is 16.5. The van der Waals surface area contributed by atoms with Gasteiger partial charge in [-0.25, -0.2) is 0 Å². The molecule has 7 nitrogen and oxygen atoms in total. The molecular formula is C23H23NO6. The Balaban J connectivity index is 1.54. The minimum absolute atomic E-state index is 0.00500. The van der Waals surface area contributed by atoms with E-state index in [1.54, 1.807) is 29.2 Å². The third-order valence-electron chi connectivity index (χ3n) is 5.75. The number of ether oxygens (including phenoxy) is 2. The van der Waals surface area contributed by atoms with E-state index in [4.69, 9.17) is 9.47 Å². The van der Waals surface area contributed by atoms with Gasteiger partial charge in [-0.3, -0.25) is 14.4 Å². The van der Waals surface area contributed by atoms with E-state index in [-0.39, 0.29) is 35.4 Å². The molecule has 1 N–H and O–H groups in total. The van der Waals surface area contributed by atoms with E-state index in [1.165, 1.54) is 6.07 Å². The van der Waals surface area contributed by atoms with Crippen LogP contribution in [-0.4, -0.2) is 54.3 Å². The molecule has 0 radical (unpaired) electrons. The molecule has 0 aliphatic carbocycles. The van der Waals surface area contributed by atoms with E-state index in [2.05, 4.69) is 0 Å². The number of aldehydes is 2. The fourth-order valence-electron chi connectivity index (χ4n) is 4.18. The highest BCUT2D eigenvalue weighted by atomic mass is 16.5. The van der Waals surface area contributed by atoms with E-state index in [0.717, 1.165) is 31.1 Å². The molecule has 2 aromatic rings. The maximum absolute atomic E-state index is 13.2. The maximum atomic E-state index is 13.2. The van der Waals surface area contributed by atoms with Gasteiger partial charge >= 0.3 is 0 Å². The van der Waals surface area contributed by atoms with Crippen LogP contribution in [-0.2, 0) is 6.42 Å². The van der Waals surface area contributed by atoms with E-state index in [0.29, 0.717) is 42.9 Å². The lowest BCUT2D eigenvalue weighted by Gasteiger charge is -2.36. The molecule has 4 rings (SSSR count). The van der Waals surface area contributed by atoms with Crippen molar-refractivity contribution >= 4 is 18.5 Å². The second kappa shape index (κ2) is 8.57. The summed E-state index contributed by atoms with van der Waals surface area (Å²) in [7, 11) is 0. The Morgan fingerprint density at radius 2 is 2.00 bits per heavy atom. The van der Waals surface area contributed by atoms with E-state index >= 15 is 0 Å². The number of fused-ring (bicyclic) bond motifs is 1. The minimum atomic E-state index is -0.306. The molecule has 1 fully saturated rings. The van der Waals surface area contributed by atoms with Gasteiger partial charge in [-0.15, -0.1) is 0 Å². The molecule has 7 heteroatoms. The second-order valence-electron chi connectivity index (χ2n) is 7.49. The maximum Gasteiger partial charge on any atom is 0.255 e. The molecule has 0 bridgehead atoms. The van der Waals surface area contributed by atoms with Crippen LogP contribution in [0, 0.1) is 0 Å². The molecule has 30 heavy (non-hydrogen) atoms. The SMILES string of the molecule is O=Cc1c(O)cccc1C(=O)N1CCCCC1COc1ccc2c(c1C=O)CCO2. The average molecular weight is 409 g/mol. The summed E-state index contributed by atoms with van der Waals surface area (Å²) in [5, 5.41) is 9.92. The van der Waals surface area contributed by atoms with Crippen molar-refractivity contribution in [3.8, 4) is 17.2 Å². The first-order valence-electron chi connectivity index (χ1n) is 10.1. The van der Waals surface area contributed by atoms with Crippen molar-refractivity contribution in [1.29, 1.82) is 0 Å². The summed E-state index contributed by atoms with van der Waals surface area (Å²) in [6.07, 6.45) is 4.52. The number of phenolic OH excluding ortho intramolecular Hbond substituents is 1. The highest BCUT2D eigenvalue weighted by molar-refractivity contribution is 6.03. The lowest BCUT2D eigenvalue weighted by Crippen LogP contribution is -2.47. The fourth-order valence-corrected chi connectivity index (χ4v) is 4.18. The first-order chi connectivity index (χ1) is 14.6. The number of phenols is 1. The lowest BCUT2D eigenvalue weighted by atomic mass is 9.99. The predicted molar refractivity (Wildman–Crippen MR) is 109 cm³/mol. The van der Waals surface area contributed by atoms with Crippen molar-refractivity contribution < 1.29 is 29.0 Å². The Labute approximate surface area is 174 Å². The number of benzene rings is 2. The van der Waals surface area contributed by atoms with Gasteiger partial charge in [0.25, 0.3) is 5.91 Å². The number of likely N-dealkylation sites (tertiary alicyclic amines) is 1. The van der Waals surface area contributed by atoms with Gasteiger partial charge in [0, 0.05) is 18.5 Å². The molecule has 2 aromatic carbocycles. The fraction of sp³-hybridized carbons (Fsp3) is 0.348. The van der Waals surface area contributed by atoms with Gasteiger partial charge < -0.3 is 19.5 Å². The molecule has 2 heterocycles. The van der Waals surface area contributed by atoms with Crippen molar-refractivity contribution in [3.63, 3.8) is 0 Å². The van der Waals surface area contributed by atoms with Crippen LogP contribution < -0.4 is 9.47 Å². The van der Waals surface area contributed by atoms with Crippen molar-refractivity contribution in [2.45, 2.75) is 31.7 Å². The molecule has 1 atom stereocenters. The van der Waals surface area contributed by atoms with E-state index in [1.807, 2.05) is 0 Å². The summed E-state index contributed by atoms with van der Waals surface area (Å²) in [6, 6.07) is 7.81. The van der Waals surface area contributed by atoms with Crippen LogP contribution in [0.3, 0.4) is 0 Å². The third-order valence-corrected chi connectivity index (χ3v) is 5.75. The molecule has 2 aliphatic rings. The van der Waals surface area contributed by atoms with E-state index in [9.17, 15) is 19.5 Å². The van der Waals surface area contributed by atoms with Crippen LogP contribution in [0.2, 0.25) is 0 Å². The summed E-state index contributed by atoms with van der Waals surface area (Å²) in [6.45, 7) is 1.33. The number of carbonyl (C=O) groups excluding carboxylic acids is 3. The van der Waals surface area contributed by atoms with Gasteiger partial charge in [0.05, 0.1) is 29.3 Å². The molecule has 1 unspecified atom stereocenters. The number of carbonyl (C=O) groups is 3. The highest BCUT2D eigenvalue weighted by Crippen LogP contribution is 2.34. The van der Waals surface area contributed by atoms with Gasteiger partial charge in [0.1, 0.15) is 23.9 Å². The Bertz CT molecular complexity index is 986. The number of nitrogens with zero attached hydrogens (tertiary/aromatic N) is 1.